The molecule has 134 valence electrons. The van der Waals surface area contributed by atoms with Gasteiger partial charge in [0.2, 0.25) is 0 Å². The number of anilines is 1. The molecule has 0 aliphatic carbocycles. The van der Waals surface area contributed by atoms with Gasteiger partial charge in [0.05, 0.1) is 11.4 Å². The van der Waals surface area contributed by atoms with Gasteiger partial charge in [-0.25, -0.2) is 9.67 Å². The van der Waals surface area contributed by atoms with E-state index in [-0.39, 0.29) is 12.5 Å². The number of ether oxygens (including phenoxy) is 1. The smallest absolute Gasteiger partial charge is 0.262 e. The van der Waals surface area contributed by atoms with Crippen LogP contribution in [0.4, 0.5) is 5.69 Å². The maximum atomic E-state index is 12.4. The summed E-state index contributed by atoms with van der Waals surface area (Å²) < 4.78 is 7.27. The molecule has 0 fully saturated rings. The van der Waals surface area contributed by atoms with Crippen molar-refractivity contribution in [3.63, 3.8) is 0 Å². The molecule has 3 aromatic rings. The first-order valence-corrected chi connectivity index (χ1v) is 8.58. The molecule has 1 heterocycles. The SMILES string of the molecule is CC(C)c1ccccc1OCC(=O)Nc1cc(Cl)ccc1-n1cncn1. The number of carbonyl (C=O) groups excluding carboxylic acids is 1. The largest absolute Gasteiger partial charge is 0.483 e. The summed E-state index contributed by atoms with van der Waals surface area (Å²) in [6, 6.07) is 12.9. The van der Waals surface area contributed by atoms with Gasteiger partial charge in [-0.3, -0.25) is 4.79 Å². The van der Waals surface area contributed by atoms with Gasteiger partial charge in [0.1, 0.15) is 18.4 Å². The number of rotatable bonds is 6. The molecule has 1 aromatic heterocycles. The minimum absolute atomic E-state index is 0.104. The van der Waals surface area contributed by atoms with Gasteiger partial charge in [0, 0.05) is 5.02 Å². The molecule has 2 aromatic carbocycles. The second-order valence-electron chi connectivity index (χ2n) is 6.03. The number of amides is 1. The second kappa shape index (κ2) is 8.01. The van der Waals surface area contributed by atoms with Crippen LogP contribution in [0.1, 0.15) is 25.3 Å². The summed E-state index contributed by atoms with van der Waals surface area (Å²) in [5.41, 5.74) is 2.27. The van der Waals surface area contributed by atoms with Crippen molar-refractivity contribution in [1.82, 2.24) is 14.8 Å². The van der Waals surface area contributed by atoms with E-state index in [4.69, 9.17) is 16.3 Å². The van der Waals surface area contributed by atoms with Gasteiger partial charge in [0.25, 0.3) is 5.91 Å². The van der Waals surface area contributed by atoms with Gasteiger partial charge in [0.15, 0.2) is 6.61 Å². The van der Waals surface area contributed by atoms with E-state index in [1.807, 2.05) is 24.3 Å². The molecule has 0 spiro atoms. The first-order valence-electron chi connectivity index (χ1n) is 8.20. The zero-order chi connectivity index (χ0) is 18.5. The Kier molecular flexibility index (Phi) is 5.53. The number of hydrogen-bond donors (Lipinski definition) is 1. The van der Waals surface area contributed by atoms with Crippen molar-refractivity contribution in [3.05, 3.63) is 65.7 Å². The molecule has 1 N–H and O–H groups in total. The van der Waals surface area contributed by atoms with E-state index in [0.29, 0.717) is 28.1 Å². The Morgan fingerprint density at radius 3 is 2.81 bits per heavy atom. The standard InChI is InChI=1S/C19H19ClN4O2/c1-13(2)15-5-3-4-6-18(15)26-10-19(25)23-16-9-14(20)7-8-17(16)24-12-21-11-22-24/h3-9,11-13H,10H2,1-2H3,(H,23,25). The molecule has 0 unspecified atom stereocenters. The highest BCUT2D eigenvalue weighted by molar-refractivity contribution is 6.31. The van der Waals surface area contributed by atoms with Crippen LogP contribution in [-0.4, -0.2) is 27.3 Å². The van der Waals surface area contributed by atoms with Crippen molar-refractivity contribution >= 4 is 23.2 Å². The van der Waals surface area contributed by atoms with Crippen LogP contribution in [0.25, 0.3) is 5.69 Å². The van der Waals surface area contributed by atoms with E-state index in [9.17, 15) is 4.79 Å². The number of carbonyl (C=O) groups is 1. The van der Waals surface area contributed by atoms with Crippen molar-refractivity contribution in [2.24, 2.45) is 0 Å². The Morgan fingerprint density at radius 2 is 2.08 bits per heavy atom. The van der Waals surface area contributed by atoms with Crippen molar-refractivity contribution in [3.8, 4) is 11.4 Å². The highest BCUT2D eigenvalue weighted by Crippen LogP contribution is 2.26. The van der Waals surface area contributed by atoms with Gasteiger partial charge in [-0.05, 0) is 35.7 Å². The summed E-state index contributed by atoms with van der Waals surface area (Å²) in [7, 11) is 0. The van der Waals surface area contributed by atoms with Crippen molar-refractivity contribution in [1.29, 1.82) is 0 Å². The van der Waals surface area contributed by atoms with Crippen LogP contribution in [0.15, 0.2) is 55.1 Å². The lowest BCUT2D eigenvalue weighted by molar-refractivity contribution is -0.118. The molecule has 0 atom stereocenters. The zero-order valence-corrected chi connectivity index (χ0v) is 15.3. The summed E-state index contributed by atoms with van der Waals surface area (Å²) in [6.45, 7) is 4.06. The van der Waals surface area contributed by atoms with Crippen molar-refractivity contribution < 1.29 is 9.53 Å². The third-order valence-corrected chi connectivity index (χ3v) is 4.03. The third kappa shape index (κ3) is 4.21. The number of nitrogens with one attached hydrogen (secondary N) is 1. The van der Waals surface area contributed by atoms with Crippen LogP contribution in [0.5, 0.6) is 5.75 Å². The van der Waals surface area contributed by atoms with Crippen LogP contribution in [-0.2, 0) is 4.79 Å². The predicted octanol–water partition coefficient (Wildman–Crippen LogP) is 4.06. The second-order valence-corrected chi connectivity index (χ2v) is 6.47. The maximum Gasteiger partial charge on any atom is 0.262 e. The quantitative estimate of drug-likeness (QED) is 0.710. The van der Waals surface area contributed by atoms with Gasteiger partial charge in [-0.15, -0.1) is 0 Å². The van der Waals surface area contributed by atoms with Crippen LogP contribution in [0, 0.1) is 0 Å². The maximum absolute atomic E-state index is 12.4. The Labute approximate surface area is 156 Å². The summed E-state index contributed by atoms with van der Waals surface area (Å²) in [5, 5.41) is 7.42. The number of hydrogen-bond acceptors (Lipinski definition) is 4. The molecule has 6 nitrogen and oxygen atoms in total. The lowest BCUT2D eigenvalue weighted by atomic mass is 10.0. The Balaban J connectivity index is 1.72. The molecular weight excluding hydrogens is 352 g/mol. The Morgan fingerprint density at radius 1 is 1.27 bits per heavy atom. The zero-order valence-electron chi connectivity index (χ0n) is 14.5. The summed E-state index contributed by atoms with van der Waals surface area (Å²) in [5.74, 6) is 0.730. The summed E-state index contributed by atoms with van der Waals surface area (Å²) in [4.78, 5) is 16.3. The highest BCUT2D eigenvalue weighted by Gasteiger charge is 2.12. The molecule has 0 aliphatic heterocycles. The van der Waals surface area contributed by atoms with E-state index in [2.05, 4.69) is 29.2 Å². The number of benzene rings is 2. The molecule has 0 saturated carbocycles. The average molecular weight is 371 g/mol. The monoisotopic (exact) mass is 370 g/mol. The Hall–Kier alpha value is -2.86. The van der Waals surface area contributed by atoms with E-state index in [0.717, 1.165) is 5.56 Å². The van der Waals surface area contributed by atoms with Crippen LogP contribution in [0.2, 0.25) is 5.02 Å². The summed E-state index contributed by atoms with van der Waals surface area (Å²) in [6.07, 6.45) is 2.97. The topological polar surface area (TPSA) is 69.0 Å². The molecule has 3 rings (SSSR count). The molecule has 0 radical (unpaired) electrons. The number of nitrogens with zero attached hydrogens (tertiary/aromatic N) is 3. The lowest BCUT2D eigenvalue weighted by Gasteiger charge is -2.15. The fourth-order valence-corrected chi connectivity index (χ4v) is 2.73. The lowest BCUT2D eigenvalue weighted by Crippen LogP contribution is -2.21. The molecular formula is C19H19ClN4O2. The minimum atomic E-state index is -0.285. The van der Waals surface area contributed by atoms with Gasteiger partial charge < -0.3 is 10.1 Å². The fraction of sp³-hybridized carbons (Fsp3) is 0.211. The molecule has 0 bridgehead atoms. The van der Waals surface area contributed by atoms with Crippen LogP contribution >= 0.6 is 11.6 Å². The number of para-hydroxylation sites is 1. The van der Waals surface area contributed by atoms with E-state index in [1.165, 1.54) is 6.33 Å². The van der Waals surface area contributed by atoms with Crippen LogP contribution in [0.3, 0.4) is 0 Å². The molecule has 7 heteroatoms. The van der Waals surface area contributed by atoms with Crippen molar-refractivity contribution in [2.75, 3.05) is 11.9 Å². The van der Waals surface area contributed by atoms with Gasteiger partial charge in [-0.2, -0.15) is 5.10 Å². The molecule has 1 amide bonds. The fourth-order valence-electron chi connectivity index (χ4n) is 2.56. The van der Waals surface area contributed by atoms with E-state index < -0.39 is 0 Å². The molecule has 0 aliphatic rings. The predicted molar refractivity (Wildman–Crippen MR) is 101 cm³/mol. The highest BCUT2D eigenvalue weighted by atomic mass is 35.5. The minimum Gasteiger partial charge on any atom is -0.483 e. The van der Waals surface area contributed by atoms with Gasteiger partial charge >= 0.3 is 0 Å². The normalized spacial score (nSPS) is 10.8. The number of halogens is 1. The summed E-state index contributed by atoms with van der Waals surface area (Å²) >= 11 is 6.06. The van der Waals surface area contributed by atoms with Gasteiger partial charge in [-0.1, -0.05) is 43.6 Å². The van der Waals surface area contributed by atoms with E-state index >= 15 is 0 Å². The first kappa shape index (κ1) is 17.9. The van der Waals surface area contributed by atoms with Crippen LogP contribution < -0.4 is 10.1 Å². The first-order chi connectivity index (χ1) is 12.5. The molecule has 0 saturated heterocycles. The third-order valence-electron chi connectivity index (χ3n) is 3.80. The van der Waals surface area contributed by atoms with E-state index in [1.54, 1.807) is 29.2 Å². The van der Waals surface area contributed by atoms with Crippen molar-refractivity contribution in [2.45, 2.75) is 19.8 Å². The Bertz CT molecular complexity index is 894. The molecule has 26 heavy (non-hydrogen) atoms. The number of aromatic nitrogens is 3. The average Bonchev–Trinajstić information content (AvgIpc) is 3.14.